The van der Waals surface area contributed by atoms with E-state index >= 15 is 4.39 Å². The molecule has 1 aliphatic carbocycles. The van der Waals surface area contributed by atoms with Crippen LogP contribution in [0.2, 0.25) is 5.02 Å². The maximum absolute atomic E-state index is 15.4. The molecular weight excluding hydrogens is 781 g/mol. The van der Waals surface area contributed by atoms with E-state index in [1.165, 1.54) is 6.07 Å². The number of hydrogen-bond donors (Lipinski definition) is 2. The predicted molar refractivity (Wildman–Crippen MR) is 214 cm³/mol. The first-order chi connectivity index (χ1) is 28.5. The molecule has 5 aliphatic rings. The van der Waals surface area contributed by atoms with Crippen molar-refractivity contribution in [2.75, 3.05) is 62.2 Å². The summed E-state index contributed by atoms with van der Waals surface area (Å²) in [6.07, 6.45) is 5.63. The molecule has 3 aromatic rings. The zero-order valence-electron chi connectivity index (χ0n) is 32.5. The number of nitrogens with zero attached hydrogens (tertiary/aromatic N) is 7. The molecule has 2 N–H and O–H groups in total. The highest BCUT2D eigenvalue weighted by atomic mass is 35.5. The van der Waals surface area contributed by atoms with Crippen LogP contribution in [-0.2, 0) is 9.59 Å². The minimum absolute atomic E-state index is 0.0135. The number of nitrogens with one attached hydrogen (secondary N) is 2. The second-order valence-electron chi connectivity index (χ2n) is 16.0. The van der Waals surface area contributed by atoms with E-state index in [2.05, 4.69) is 36.7 Å². The second-order valence-corrected chi connectivity index (χ2v) is 16.4. The third-order valence-electron chi connectivity index (χ3n) is 12.3. The summed E-state index contributed by atoms with van der Waals surface area (Å²) in [4.78, 5) is 70.6. The third kappa shape index (κ3) is 8.72. The van der Waals surface area contributed by atoms with Crippen LogP contribution >= 0.6 is 11.6 Å². The monoisotopic (exact) mass is 825 g/mol. The zero-order chi connectivity index (χ0) is 41.2. The molecule has 59 heavy (non-hydrogen) atoms. The van der Waals surface area contributed by atoms with Gasteiger partial charge in [0.1, 0.15) is 23.7 Å². The number of rotatable bonds is 10. The average Bonchev–Trinajstić information content (AvgIpc) is 3.48. The van der Waals surface area contributed by atoms with Gasteiger partial charge in [-0.05, 0) is 93.2 Å². The van der Waals surface area contributed by atoms with Gasteiger partial charge in [-0.15, -0.1) is 10.2 Å². The SMILES string of the molecule is N#Cc1ccc(OC2CCC(CNC(=O)c3ccc(N4CCC(CN5CCN(c6cc7c(cc6F)C(=O)N(C6CCC(=O)NC6=O)C7=O)CC5)CC4)nn3)CC2)cc1Cl. The number of aromatic nitrogens is 2. The number of anilines is 2. The van der Waals surface area contributed by atoms with E-state index in [1.54, 1.807) is 24.3 Å². The molecule has 1 saturated carbocycles. The number of amides is 5. The topological polar surface area (TPSA) is 181 Å². The van der Waals surface area contributed by atoms with Gasteiger partial charge in [-0.1, -0.05) is 11.6 Å². The number of ether oxygens (including phenoxy) is 1. The standard InChI is InChI=1S/C42H45ClFN9O6/c43-32-19-29(6-3-27(32)22-45)59-28-4-1-25(2-5-28)23-46-39(55)34-7-9-37(49-48-34)52-13-11-26(12-14-52)24-50-15-17-51(18-16-50)36-21-31-30(20-33(36)44)41(57)53(42(31)58)35-8-10-38(54)47-40(35)56/h3,6-7,9,19-21,25-26,28,35H,1-2,4-5,8,10-18,23-24H2,(H,46,55)(H,47,54,56). The Balaban J connectivity index is 0.749. The number of piperidine rings is 2. The van der Waals surface area contributed by atoms with Gasteiger partial charge in [0, 0.05) is 64.8 Å². The molecule has 3 saturated heterocycles. The van der Waals surface area contributed by atoms with Crippen molar-refractivity contribution in [2.45, 2.75) is 63.5 Å². The summed E-state index contributed by atoms with van der Waals surface area (Å²) in [6, 6.07) is 12.1. The Morgan fingerprint density at radius 3 is 2.25 bits per heavy atom. The number of carbonyl (C=O) groups excluding carboxylic acids is 5. The van der Waals surface area contributed by atoms with Crippen LogP contribution in [-0.4, -0.2) is 114 Å². The highest BCUT2D eigenvalue weighted by molar-refractivity contribution is 6.31. The van der Waals surface area contributed by atoms with Gasteiger partial charge in [0.25, 0.3) is 17.7 Å². The first-order valence-electron chi connectivity index (χ1n) is 20.3. The lowest BCUT2D eigenvalue weighted by Crippen LogP contribution is -2.54. The number of nitriles is 1. The van der Waals surface area contributed by atoms with Crippen LogP contribution in [0.5, 0.6) is 5.75 Å². The van der Waals surface area contributed by atoms with Crippen molar-refractivity contribution in [3.8, 4) is 11.8 Å². The van der Waals surface area contributed by atoms with Gasteiger partial charge in [-0.3, -0.25) is 39.1 Å². The van der Waals surface area contributed by atoms with Crippen molar-refractivity contribution >= 4 is 52.6 Å². The van der Waals surface area contributed by atoms with Crippen LogP contribution in [0.15, 0.2) is 42.5 Å². The van der Waals surface area contributed by atoms with Gasteiger partial charge < -0.3 is 19.9 Å². The first-order valence-corrected chi connectivity index (χ1v) is 20.7. The van der Waals surface area contributed by atoms with E-state index in [0.717, 1.165) is 74.9 Å². The average molecular weight is 826 g/mol. The molecule has 5 heterocycles. The van der Waals surface area contributed by atoms with Gasteiger partial charge in [-0.25, -0.2) is 4.39 Å². The van der Waals surface area contributed by atoms with Crippen LogP contribution in [0, 0.1) is 29.0 Å². The largest absolute Gasteiger partial charge is 0.490 e. The van der Waals surface area contributed by atoms with Crippen LogP contribution in [0.1, 0.15) is 88.1 Å². The van der Waals surface area contributed by atoms with Crippen molar-refractivity contribution in [3.63, 3.8) is 0 Å². The Labute approximate surface area is 345 Å². The maximum Gasteiger partial charge on any atom is 0.271 e. The Bertz CT molecular complexity index is 2180. The van der Waals surface area contributed by atoms with E-state index < -0.39 is 35.5 Å². The third-order valence-corrected chi connectivity index (χ3v) is 12.6. The highest BCUT2D eigenvalue weighted by Crippen LogP contribution is 2.34. The van der Waals surface area contributed by atoms with Crippen molar-refractivity contribution in [2.24, 2.45) is 11.8 Å². The van der Waals surface area contributed by atoms with Gasteiger partial charge in [0.05, 0.1) is 33.5 Å². The quantitative estimate of drug-likeness (QED) is 0.282. The number of halogens is 2. The van der Waals surface area contributed by atoms with Crippen molar-refractivity contribution in [1.82, 2.24) is 30.6 Å². The van der Waals surface area contributed by atoms with Crippen molar-refractivity contribution in [1.29, 1.82) is 5.26 Å². The lowest BCUT2D eigenvalue weighted by molar-refractivity contribution is -0.136. The van der Waals surface area contributed by atoms with E-state index in [-0.39, 0.29) is 47.4 Å². The lowest BCUT2D eigenvalue weighted by Gasteiger charge is -2.39. The summed E-state index contributed by atoms with van der Waals surface area (Å²) < 4.78 is 21.5. The van der Waals surface area contributed by atoms with Gasteiger partial charge in [0.15, 0.2) is 11.5 Å². The molecule has 0 radical (unpaired) electrons. The molecule has 8 rings (SSSR count). The fourth-order valence-electron chi connectivity index (χ4n) is 8.85. The molecule has 4 aliphatic heterocycles. The van der Waals surface area contributed by atoms with Gasteiger partial charge in [-0.2, -0.15) is 5.26 Å². The summed E-state index contributed by atoms with van der Waals surface area (Å²) in [5.74, 6) is -1.16. The number of carbonyl (C=O) groups is 5. The Morgan fingerprint density at radius 2 is 1.59 bits per heavy atom. The molecule has 0 spiro atoms. The van der Waals surface area contributed by atoms with E-state index in [0.29, 0.717) is 60.9 Å². The molecule has 1 unspecified atom stereocenters. The van der Waals surface area contributed by atoms with Gasteiger partial charge in [0.2, 0.25) is 11.8 Å². The minimum atomic E-state index is -1.10. The number of hydrogen-bond acceptors (Lipinski definition) is 12. The molecule has 308 valence electrons. The molecule has 2 aromatic carbocycles. The number of piperazine rings is 1. The summed E-state index contributed by atoms with van der Waals surface area (Å²) in [6.45, 7) is 5.64. The zero-order valence-corrected chi connectivity index (χ0v) is 33.3. The fraction of sp³-hybridized carbons (Fsp3) is 0.476. The first kappa shape index (κ1) is 40.1. The number of imide groups is 2. The predicted octanol–water partition coefficient (Wildman–Crippen LogP) is 3.95. The van der Waals surface area contributed by atoms with Crippen molar-refractivity contribution < 1.29 is 33.1 Å². The van der Waals surface area contributed by atoms with Gasteiger partial charge >= 0.3 is 0 Å². The summed E-state index contributed by atoms with van der Waals surface area (Å²) in [5.41, 5.74) is 0.956. The minimum Gasteiger partial charge on any atom is -0.490 e. The maximum atomic E-state index is 15.4. The van der Waals surface area contributed by atoms with Crippen LogP contribution < -0.4 is 25.2 Å². The lowest BCUT2D eigenvalue weighted by atomic mass is 9.87. The van der Waals surface area contributed by atoms with Crippen LogP contribution in [0.25, 0.3) is 0 Å². The Kier molecular flexibility index (Phi) is 11.8. The highest BCUT2D eigenvalue weighted by Gasteiger charge is 2.45. The smallest absolute Gasteiger partial charge is 0.271 e. The number of benzene rings is 2. The number of fused-ring (bicyclic) bond motifs is 1. The van der Waals surface area contributed by atoms with Crippen molar-refractivity contribution in [3.05, 3.63) is 75.7 Å². The molecule has 4 fully saturated rings. The van der Waals surface area contributed by atoms with E-state index in [1.807, 2.05) is 11.0 Å². The van der Waals surface area contributed by atoms with E-state index in [9.17, 15) is 24.0 Å². The fourth-order valence-corrected chi connectivity index (χ4v) is 9.06. The molecule has 0 bridgehead atoms. The molecule has 1 atom stereocenters. The molecule has 5 amide bonds. The molecule has 17 heteroatoms. The summed E-state index contributed by atoms with van der Waals surface area (Å²) in [7, 11) is 0. The second kappa shape index (κ2) is 17.3. The van der Waals surface area contributed by atoms with E-state index in [4.69, 9.17) is 21.6 Å². The molecular formula is C42H45ClFN9O6. The normalized spacial score (nSPS) is 22.9. The summed E-state index contributed by atoms with van der Waals surface area (Å²) in [5, 5.41) is 23.3. The summed E-state index contributed by atoms with van der Waals surface area (Å²) >= 11 is 6.14. The molecule has 15 nitrogen and oxygen atoms in total. The van der Waals surface area contributed by atoms with Crippen LogP contribution in [0.3, 0.4) is 0 Å². The Hall–Kier alpha value is -5.66. The van der Waals surface area contributed by atoms with Crippen LogP contribution in [0.4, 0.5) is 15.9 Å². The molecule has 1 aromatic heterocycles. The Morgan fingerprint density at radius 1 is 0.864 bits per heavy atom.